The van der Waals surface area contributed by atoms with E-state index in [4.69, 9.17) is 0 Å². The second kappa shape index (κ2) is 5.56. The third kappa shape index (κ3) is 2.84. The molecule has 0 bridgehead atoms. The van der Waals surface area contributed by atoms with Crippen LogP contribution < -0.4 is 10.0 Å². The number of carbonyl (C=O) groups excluding carboxylic acids is 2. The third-order valence-corrected chi connectivity index (χ3v) is 7.44. The van der Waals surface area contributed by atoms with Gasteiger partial charge in [-0.25, -0.2) is 9.00 Å². The zero-order valence-electron chi connectivity index (χ0n) is 14.6. The van der Waals surface area contributed by atoms with E-state index in [9.17, 15) is 13.8 Å². The largest absolute Gasteiger partial charge is 0.354 e. The molecule has 2 N–H and O–H groups in total. The summed E-state index contributed by atoms with van der Waals surface area (Å²) in [5.41, 5.74) is 5.15. The van der Waals surface area contributed by atoms with Gasteiger partial charge < -0.3 is 5.32 Å². The van der Waals surface area contributed by atoms with Gasteiger partial charge in [-0.05, 0) is 74.6 Å². The Morgan fingerprint density at radius 2 is 1.76 bits per heavy atom. The van der Waals surface area contributed by atoms with Gasteiger partial charge in [-0.3, -0.25) is 9.52 Å². The SMILES string of the molecule is CC1(C)CS(=O)(=NC(=O)Nc2c3c(cc4c2CCC4)CCC3)NC1=O. The first-order valence-corrected chi connectivity index (χ1v) is 10.5. The lowest BCUT2D eigenvalue weighted by molar-refractivity contribution is -0.125. The molecule has 0 saturated carbocycles. The van der Waals surface area contributed by atoms with Crippen molar-refractivity contribution in [1.29, 1.82) is 0 Å². The van der Waals surface area contributed by atoms with Crippen LogP contribution in [0, 0.1) is 5.41 Å². The van der Waals surface area contributed by atoms with Crippen molar-refractivity contribution in [2.24, 2.45) is 9.78 Å². The van der Waals surface area contributed by atoms with Crippen LogP contribution in [-0.4, -0.2) is 21.9 Å². The van der Waals surface area contributed by atoms with Crippen molar-refractivity contribution in [3.63, 3.8) is 0 Å². The maximum Gasteiger partial charge on any atom is 0.354 e. The summed E-state index contributed by atoms with van der Waals surface area (Å²) in [4.78, 5) is 24.4. The van der Waals surface area contributed by atoms with Crippen LogP contribution in [0.25, 0.3) is 0 Å². The van der Waals surface area contributed by atoms with Gasteiger partial charge >= 0.3 is 6.03 Å². The molecule has 1 heterocycles. The molecule has 1 aliphatic heterocycles. The Balaban J connectivity index is 1.66. The lowest BCUT2D eigenvalue weighted by atomic mass is 9.96. The molecule has 4 rings (SSSR count). The van der Waals surface area contributed by atoms with Gasteiger partial charge in [-0.1, -0.05) is 6.07 Å². The number of rotatable bonds is 1. The first-order chi connectivity index (χ1) is 11.8. The average Bonchev–Trinajstić information content (AvgIpc) is 3.17. The quantitative estimate of drug-likeness (QED) is 0.806. The highest BCUT2D eigenvalue weighted by atomic mass is 32.2. The van der Waals surface area contributed by atoms with E-state index in [0.29, 0.717) is 0 Å². The molecule has 134 valence electrons. The van der Waals surface area contributed by atoms with Crippen LogP contribution >= 0.6 is 0 Å². The topological polar surface area (TPSA) is 87.6 Å². The summed E-state index contributed by atoms with van der Waals surface area (Å²) in [5, 5.41) is 2.90. The van der Waals surface area contributed by atoms with E-state index in [2.05, 4.69) is 20.5 Å². The molecular formula is C18H23N3O3S. The van der Waals surface area contributed by atoms with Gasteiger partial charge in [0, 0.05) is 5.69 Å². The van der Waals surface area contributed by atoms with Crippen LogP contribution in [0.2, 0.25) is 0 Å². The molecule has 0 aromatic heterocycles. The highest BCUT2D eigenvalue weighted by molar-refractivity contribution is 7.93. The molecule has 0 radical (unpaired) electrons. The Kier molecular flexibility index (Phi) is 3.68. The molecule has 3 amide bonds. The van der Waals surface area contributed by atoms with Crippen molar-refractivity contribution in [1.82, 2.24) is 4.72 Å². The number of hydrogen-bond acceptors (Lipinski definition) is 3. The van der Waals surface area contributed by atoms with Crippen LogP contribution in [0.5, 0.6) is 0 Å². The molecule has 1 aromatic rings. The standard InChI is InChI=1S/C18H23N3O3S/c1-18(2)10-25(24,20-16(18)22)21-17(23)19-15-13-7-3-5-11(13)9-12-6-4-8-14(12)15/h9H,3-8,10H2,1-2H3,(H2,19,20,21,22,23,24). The number of hydrogen-bond donors (Lipinski definition) is 2. The summed E-state index contributed by atoms with van der Waals surface area (Å²) in [6.07, 6.45) is 6.19. The highest BCUT2D eigenvalue weighted by Crippen LogP contribution is 2.38. The number of nitrogens with one attached hydrogen (secondary N) is 2. The Hall–Kier alpha value is -1.89. The second-order valence-electron chi connectivity index (χ2n) is 7.86. The minimum absolute atomic E-state index is 0.0528. The van der Waals surface area contributed by atoms with Gasteiger partial charge in [-0.2, -0.15) is 0 Å². The number of urea groups is 1. The lowest BCUT2D eigenvalue weighted by Gasteiger charge is -2.15. The molecule has 3 aliphatic rings. The zero-order chi connectivity index (χ0) is 17.8. The molecular weight excluding hydrogens is 338 g/mol. The molecule has 1 saturated heterocycles. The van der Waals surface area contributed by atoms with Crippen LogP contribution in [0.1, 0.15) is 48.9 Å². The van der Waals surface area contributed by atoms with Crippen LogP contribution in [0.15, 0.2) is 10.4 Å². The number of fused-ring (bicyclic) bond motifs is 2. The monoisotopic (exact) mass is 361 g/mol. The number of anilines is 1. The number of aryl methyl sites for hydroxylation is 2. The predicted octanol–water partition coefficient (Wildman–Crippen LogP) is 2.73. The van der Waals surface area contributed by atoms with E-state index in [1.54, 1.807) is 13.8 Å². The number of nitrogens with zero attached hydrogens (tertiary/aromatic N) is 1. The number of benzene rings is 1. The second-order valence-corrected chi connectivity index (χ2v) is 9.81. The fourth-order valence-electron chi connectivity index (χ4n) is 4.16. The summed E-state index contributed by atoms with van der Waals surface area (Å²) in [5.74, 6) is -0.271. The van der Waals surface area contributed by atoms with Gasteiger partial charge in [0.25, 0.3) is 0 Å². The lowest BCUT2D eigenvalue weighted by Crippen LogP contribution is -2.27. The van der Waals surface area contributed by atoms with E-state index < -0.39 is 21.4 Å². The summed E-state index contributed by atoms with van der Waals surface area (Å²) < 4.78 is 19.0. The van der Waals surface area contributed by atoms with E-state index in [1.807, 2.05) is 0 Å². The van der Waals surface area contributed by atoms with E-state index in [-0.39, 0.29) is 11.7 Å². The predicted molar refractivity (Wildman–Crippen MR) is 96.9 cm³/mol. The molecule has 1 aromatic carbocycles. The number of amides is 3. The molecule has 2 aliphatic carbocycles. The van der Waals surface area contributed by atoms with Crippen molar-refractivity contribution < 1.29 is 13.8 Å². The van der Waals surface area contributed by atoms with Crippen molar-refractivity contribution in [2.75, 3.05) is 11.1 Å². The average molecular weight is 361 g/mol. The normalized spacial score (nSPS) is 26.1. The van der Waals surface area contributed by atoms with Gasteiger partial charge in [0.1, 0.15) is 9.92 Å². The molecule has 6 nitrogen and oxygen atoms in total. The Morgan fingerprint density at radius 3 is 2.28 bits per heavy atom. The zero-order valence-corrected chi connectivity index (χ0v) is 15.4. The summed E-state index contributed by atoms with van der Waals surface area (Å²) in [7, 11) is -3.04. The Bertz CT molecular complexity index is 878. The summed E-state index contributed by atoms with van der Waals surface area (Å²) in [6.45, 7) is 3.42. The fraction of sp³-hybridized carbons (Fsp3) is 0.556. The van der Waals surface area contributed by atoms with E-state index in [1.165, 1.54) is 22.3 Å². The third-order valence-electron chi connectivity index (χ3n) is 5.36. The van der Waals surface area contributed by atoms with Crippen LogP contribution in [0.4, 0.5) is 10.5 Å². The van der Waals surface area contributed by atoms with Crippen LogP contribution in [0.3, 0.4) is 0 Å². The fourth-order valence-corrected chi connectivity index (χ4v) is 6.33. The van der Waals surface area contributed by atoms with Crippen molar-refractivity contribution in [2.45, 2.75) is 52.4 Å². The number of carbonyl (C=O) groups is 2. The Labute approximate surface area is 148 Å². The van der Waals surface area contributed by atoms with Gasteiger partial charge in [0.05, 0.1) is 11.2 Å². The molecule has 1 atom stereocenters. The van der Waals surface area contributed by atoms with Gasteiger partial charge in [0.15, 0.2) is 0 Å². The maximum atomic E-state index is 12.7. The minimum Gasteiger partial charge on any atom is -0.305 e. The highest BCUT2D eigenvalue weighted by Gasteiger charge is 2.41. The van der Waals surface area contributed by atoms with Crippen molar-refractivity contribution in [3.8, 4) is 0 Å². The Morgan fingerprint density at radius 1 is 1.16 bits per heavy atom. The smallest absolute Gasteiger partial charge is 0.305 e. The first kappa shape index (κ1) is 16.6. The summed E-state index contributed by atoms with van der Waals surface area (Å²) in [6, 6.07) is 1.66. The van der Waals surface area contributed by atoms with E-state index >= 15 is 0 Å². The summed E-state index contributed by atoms with van der Waals surface area (Å²) >= 11 is 0. The molecule has 1 fully saturated rings. The van der Waals surface area contributed by atoms with E-state index in [0.717, 1.165) is 44.2 Å². The first-order valence-electron chi connectivity index (χ1n) is 8.82. The van der Waals surface area contributed by atoms with Crippen molar-refractivity contribution in [3.05, 3.63) is 28.3 Å². The molecule has 1 unspecified atom stereocenters. The molecule has 25 heavy (non-hydrogen) atoms. The van der Waals surface area contributed by atoms with Crippen LogP contribution in [-0.2, 0) is 40.4 Å². The molecule has 0 spiro atoms. The van der Waals surface area contributed by atoms with Gasteiger partial charge in [-0.15, -0.1) is 4.36 Å². The molecule has 7 heteroatoms. The maximum absolute atomic E-state index is 12.7. The van der Waals surface area contributed by atoms with Gasteiger partial charge in [0.2, 0.25) is 5.91 Å². The van der Waals surface area contributed by atoms with Crippen molar-refractivity contribution >= 4 is 27.5 Å². The minimum atomic E-state index is -3.04.